The summed E-state index contributed by atoms with van der Waals surface area (Å²) < 4.78 is 0. The van der Waals surface area contributed by atoms with E-state index in [1.54, 1.807) is 0 Å². The van der Waals surface area contributed by atoms with Gasteiger partial charge in [-0.05, 0) is 39.0 Å². The lowest BCUT2D eigenvalue weighted by Gasteiger charge is -2.32. The van der Waals surface area contributed by atoms with Crippen molar-refractivity contribution in [1.82, 2.24) is 15.3 Å². The first-order valence-electron chi connectivity index (χ1n) is 8.40. The first-order valence-corrected chi connectivity index (χ1v) is 8.40. The molecule has 3 rings (SSSR count). The lowest BCUT2D eigenvalue weighted by atomic mass is 9.82. The minimum absolute atomic E-state index is 0.0101. The Balaban J connectivity index is 1.65. The number of rotatable bonds is 3. The number of carbonyl (C=O) groups is 1. The molecule has 1 atom stereocenters. The molecule has 5 nitrogen and oxygen atoms in total. The fraction of sp³-hybridized carbons (Fsp3) is 0.706. The fourth-order valence-electron chi connectivity index (χ4n) is 3.73. The summed E-state index contributed by atoms with van der Waals surface area (Å²) in [6.07, 6.45) is 9.64. The van der Waals surface area contributed by atoms with E-state index in [0.29, 0.717) is 0 Å². The summed E-state index contributed by atoms with van der Waals surface area (Å²) in [7, 11) is 0. The minimum Gasteiger partial charge on any atom is -0.389 e. The summed E-state index contributed by atoms with van der Waals surface area (Å²) in [5.41, 5.74) is 1.30. The topological polar surface area (TPSA) is 75.1 Å². The summed E-state index contributed by atoms with van der Waals surface area (Å²) in [5, 5.41) is 13.6. The maximum absolute atomic E-state index is 12.3. The second-order valence-corrected chi connectivity index (χ2v) is 6.79. The van der Waals surface area contributed by atoms with Crippen molar-refractivity contribution in [2.45, 2.75) is 76.4 Å². The number of fused-ring (bicyclic) bond motifs is 1. The Kier molecular flexibility index (Phi) is 4.43. The molecule has 0 saturated heterocycles. The zero-order valence-corrected chi connectivity index (χ0v) is 13.3. The van der Waals surface area contributed by atoms with Gasteiger partial charge in [-0.15, -0.1) is 0 Å². The number of nitrogens with zero attached hydrogens (tertiary/aromatic N) is 2. The molecule has 120 valence electrons. The van der Waals surface area contributed by atoms with E-state index in [-0.39, 0.29) is 18.4 Å². The Morgan fingerprint density at radius 1 is 1.36 bits per heavy atom. The Hall–Kier alpha value is -1.49. The maximum Gasteiger partial charge on any atom is 0.223 e. The zero-order valence-electron chi connectivity index (χ0n) is 13.3. The molecular weight excluding hydrogens is 278 g/mol. The highest BCUT2D eigenvalue weighted by molar-refractivity contribution is 5.77. The summed E-state index contributed by atoms with van der Waals surface area (Å²) in [6.45, 7) is 1.89. The lowest BCUT2D eigenvalue weighted by Crippen LogP contribution is -2.40. The van der Waals surface area contributed by atoms with Crippen LogP contribution in [0.5, 0.6) is 0 Å². The Bertz CT molecular complexity index is 553. The van der Waals surface area contributed by atoms with E-state index in [1.165, 1.54) is 0 Å². The van der Waals surface area contributed by atoms with E-state index in [9.17, 15) is 9.90 Å². The van der Waals surface area contributed by atoms with Crippen molar-refractivity contribution in [2.75, 3.05) is 0 Å². The molecule has 0 radical (unpaired) electrons. The third kappa shape index (κ3) is 3.46. The van der Waals surface area contributed by atoms with Gasteiger partial charge < -0.3 is 10.4 Å². The largest absolute Gasteiger partial charge is 0.389 e. The summed E-state index contributed by atoms with van der Waals surface area (Å²) in [5.74, 6) is 0.727. The van der Waals surface area contributed by atoms with E-state index < -0.39 is 5.60 Å². The van der Waals surface area contributed by atoms with Crippen molar-refractivity contribution in [1.29, 1.82) is 0 Å². The van der Waals surface area contributed by atoms with Gasteiger partial charge in [-0.3, -0.25) is 4.79 Å². The van der Waals surface area contributed by atoms with Gasteiger partial charge >= 0.3 is 0 Å². The molecule has 1 saturated carbocycles. The van der Waals surface area contributed by atoms with Crippen LogP contribution in [0, 0.1) is 6.92 Å². The molecule has 1 fully saturated rings. The molecule has 5 heteroatoms. The van der Waals surface area contributed by atoms with Crippen LogP contribution in [-0.2, 0) is 11.2 Å². The Labute approximate surface area is 131 Å². The smallest absolute Gasteiger partial charge is 0.223 e. The monoisotopic (exact) mass is 303 g/mol. The van der Waals surface area contributed by atoms with Crippen molar-refractivity contribution in [3.05, 3.63) is 23.3 Å². The molecule has 1 aromatic heterocycles. The molecule has 0 bridgehead atoms. The van der Waals surface area contributed by atoms with Crippen molar-refractivity contribution in [3.63, 3.8) is 0 Å². The third-order valence-corrected chi connectivity index (χ3v) is 4.91. The van der Waals surface area contributed by atoms with Crippen LogP contribution in [0.4, 0.5) is 0 Å². The molecule has 2 aliphatic rings. The van der Waals surface area contributed by atoms with Gasteiger partial charge in [-0.1, -0.05) is 19.3 Å². The van der Waals surface area contributed by atoms with Crippen LogP contribution >= 0.6 is 0 Å². The van der Waals surface area contributed by atoms with Crippen LogP contribution in [0.25, 0.3) is 0 Å². The molecule has 22 heavy (non-hydrogen) atoms. The second kappa shape index (κ2) is 6.32. The van der Waals surface area contributed by atoms with Crippen LogP contribution in [-0.4, -0.2) is 26.6 Å². The zero-order chi connectivity index (χ0) is 15.6. The predicted molar refractivity (Wildman–Crippen MR) is 83.2 cm³/mol. The van der Waals surface area contributed by atoms with Gasteiger partial charge in [0.25, 0.3) is 0 Å². The molecular formula is C17H25N3O2. The van der Waals surface area contributed by atoms with Crippen molar-refractivity contribution in [2.24, 2.45) is 0 Å². The van der Waals surface area contributed by atoms with Crippen LogP contribution in [0.15, 0.2) is 6.20 Å². The highest BCUT2D eigenvalue weighted by Crippen LogP contribution is 2.32. The van der Waals surface area contributed by atoms with Gasteiger partial charge in [0.15, 0.2) is 0 Å². The van der Waals surface area contributed by atoms with Gasteiger partial charge in [0, 0.05) is 17.5 Å². The quantitative estimate of drug-likeness (QED) is 0.899. The lowest BCUT2D eigenvalue weighted by molar-refractivity contribution is -0.128. The highest BCUT2D eigenvalue weighted by atomic mass is 16.3. The number of carbonyl (C=O) groups excluding carboxylic acids is 1. The van der Waals surface area contributed by atoms with Gasteiger partial charge in [0.1, 0.15) is 5.82 Å². The normalized spacial score (nSPS) is 23.6. The van der Waals surface area contributed by atoms with Crippen molar-refractivity contribution in [3.8, 4) is 0 Å². The van der Waals surface area contributed by atoms with Gasteiger partial charge in [0.05, 0.1) is 18.1 Å². The Morgan fingerprint density at radius 2 is 2.14 bits per heavy atom. The highest BCUT2D eigenvalue weighted by Gasteiger charge is 2.33. The van der Waals surface area contributed by atoms with Gasteiger partial charge in [0.2, 0.25) is 5.91 Å². The van der Waals surface area contributed by atoms with Crippen LogP contribution < -0.4 is 5.32 Å². The minimum atomic E-state index is -0.802. The molecule has 1 amide bonds. The summed E-state index contributed by atoms with van der Waals surface area (Å²) >= 11 is 0. The first-order chi connectivity index (χ1) is 10.6. The molecule has 0 aliphatic heterocycles. The molecule has 2 N–H and O–H groups in total. The summed E-state index contributed by atoms with van der Waals surface area (Å²) in [4.78, 5) is 21.1. The van der Waals surface area contributed by atoms with Gasteiger partial charge in [-0.2, -0.15) is 0 Å². The van der Waals surface area contributed by atoms with Crippen LogP contribution in [0.3, 0.4) is 0 Å². The fourth-order valence-corrected chi connectivity index (χ4v) is 3.73. The average molecular weight is 303 g/mol. The van der Waals surface area contributed by atoms with Crippen molar-refractivity contribution >= 4 is 5.91 Å². The van der Waals surface area contributed by atoms with E-state index >= 15 is 0 Å². The third-order valence-electron chi connectivity index (χ3n) is 4.91. The SMILES string of the molecule is Cc1ncc2c(n1)CCCC2NC(=O)CC1(O)CCCCC1. The number of nitrogens with one attached hydrogen (secondary N) is 1. The maximum atomic E-state index is 12.3. The molecule has 1 heterocycles. The first kappa shape index (κ1) is 15.4. The molecule has 0 spiro atoms. The average Bonchev–Trinajstić information content (AvgIpc) is 2.47. The summed E-state index contributed by atoms with van der Waals surface area (Å²) in [6, 6.07) is -0.0101. The number of hydrogen-bond acceptors (Lipinski definition) is 4. The van der Waals surface area contributed by atoms with E-state index in [1.807, 2.05) is 13.1 Å². The molecule has 2 aliphatic carbocycles. The number of aryl methyl sites for hydroxylation is 2. The standard InChI is InChI=1S/C17H25N3O2/c1-12-18-11-13-14(19-12)6-5-7-15(13)20-16(21)10-17(22)8-3-2-4-9-17/h11,15,22H,2-10H2,1H3,(H,20,21). The number of hydrogen-bond donors (Lipinski definition) is 2. The number of aromatic nitrogens is 2. The van der Waals surface area contributed by atoms with E-state index in [4.69, 9.17) is 0 Å². The second-order valence-electron chi connectivity index (χ2n) is 6.79. The Morgan fingerprint density at radius 3 is 2.91 bits per heavy atom. The predicted octanol–water partition coefficient (Wildman–Crippen LogP) is 2.36. The number of aliphatic hydroxyl groups is 1. The van der Waals surface area contributed by atoms with Crippen molar-refractivity contribution < 1.29 is 9.90 Å². The van der Waals surface area contributed by atoms with Crippen LogP contribution in [0.2, 0.25) is 0 Å². The molecule has 0 aromatic carbocycles. The molecule has 1 aromatic rings. The van der Waals surface area contributed by atoms with E-state index in [2.05, 4.69) is 15.3 Å². The van der Waals surface area contributed by atoms with Gasteiger partial charge in [-0.25, -0.2) is 9.97 Å². The van der Waals surface area contributed by atoms with Crippen LogP contribution in [0.1, 0.15) is 74.5 Å². The molecule has 1 unspecified atom stereocenters. The van der Waals surface area contributed by atoms with E-state index in [0.717, 1.165) is 68.4 Å². The number of amides is 1.